The van der Waals surface area contributed by atoms with Gasteiger partial charge >= 0.3 is 0 Å². The van der Waals surface area contributed by atoms with E-state index >= 15 is 0 Å². The average Bonchev–Trinajstić information content (AvgIpc) is 2.69. The number of hydrogen-bond donors (Lipinski definition) is 2. The molecule has 2 N–H and O–H groups in total. The van der Waals surface area contributed by atoms with Gasteiger partial charge in [-0.2, -0.15) is 0 Å². The molecule has 30 heavy (non-hydrogen) atoms. The van der Waals surface area contributed by atoms with Crippen molar-refractivity contribution in [3.63, 3.8) is 0 Å². The van der Waals surface area contributed by atoms with Gasteiger partial charge in [-0.25, -0.2) is 21.2 Å². The lowest BCUT2D eigenvalue weighted by molar-refractivity contribution is 0.417. The van der Waals surface area contributed by atoms with Crippen molar-refractivity contribution in [3.8, 4) is 5.75 Å². The molecule has 158 valence electrons. The van der Waals surface area contributed by atoms with Crippen LogP contribution >= 0.6 is 11.6 Å². The molecule has 0 aromatic heterocycles. The van der Waals surface area contributed by atoms with Crippen molar-refractivity contribution >= 4 is 43.0 Å². The summed E-state index contributed by atoms with van der Waals surface area (Å²) in [6.07, 6.45) is 0. The Hall–Kier alpha value is -2.82. The van der Waals surface area contributed by atoms with E-state index in [2.05, 4.69) is 9.44 Å². The van der Waals surface area contributed by atoms with Gasteiger partial charge in [0.05, 0.1) is 28.4 Å². The number of benzene rings is 3. The van der Waals surface area contributed by atoms with Crippen LogP contribution < -0.4 is 14.2 Å². The molecule has 0 radical (unpaired) electrons. The fraction of sp³-hybridized carbons (Fsp3) is 0.0526. The zero-order valence-corrected chi connectivity index (χ0v) is 17.9. The third-order valence-corrected chi connectivity index (χ3v) is 7.16. The zero-order chi connectivity index (χ0) is 21.9. The van der Waals surface area contributed by atoms with E-state index in [4.69, 9.17) is 16.3 Å². The standard InChI is InChI=1S/C19H16ClFN2O5S2/c1-28-18-8-3-2-7-17(18)23-30(26,27)19-12-14(9-10-16(19)20)22-29(24,25)15-6-4-5-13(21)11-15/h2-12,22-23H,1H3. The number of halogens is 2. The zero-order valence-electron chi connectivity index (χ0n) is 15.5. The van der Waals surface area contributed by atoms with E-state index in [1.54, 1.807) is 18.2 Å². The van der Waals surface area contributed by atoms with Crippen molar-refractivity contribution in [1.82, 2.24) is 0 Å². The quantitative estimate of drug-likeness (QED) is 0.541. The van der Waals surface area contributed by atoms with Gasteiger partial charge in [0.25, 0.3) is 20.0 Å². The molecule has 0 spiro atoms. The van der Waals surface area contributed by atoms with Gasteiger partial charge in [0.1, 0.15) is 16.5 Å². The molecule has 0 aliphatic rings. The first-order valence-corrected chi connectivity index (χ1v) is 11.7. The number of rotatable bonds is 7. The molecule has 0 heterocycles. The lowest BCUT2D eigenvalue weighted by Crippen LogP contribution is -2.16. The van der Waals surface area contributed by atoms with Crippen LogP contribution in [0.2, 0.25) is 5.02 Å². The fourth-order valence-corrected chi connectivity index (χ4v) is 5.23. The summed E-state index contributed by atoms with van der Waals surface area (Å²) in [5.41, 5.74) is 0.117. The van der Waals surface area contributed by atoms with Crippen molar-refractivity contribution in [3.05, 3.63) is 77.6 Å². The molecule has 3 aromatic rings. The predicted molar refractivity (Wildman–Crippen MR) is 112 cm³/mol. The summed E-state index contributed by atoms with van der Waals surface area (Å²) >= 11 is 6.05. The van der Waals surface area contributed by atoms with Gasteiger partial charge in [0.2, 0.25) is 0 Å². The van der Waals surface area contributed by atoms with Gasteiger partial charge in [-0.05, 0) is 48.5 Å². The normalized spacial score (nSPS) is 11.7. The van der Waals surface area contributed by atoms with Gasteiger partial charge in [0.15, 0.2) is 0 Å². The van der Waals surface area contributed by atoms with Crippen molar-refractivity contribution in [1.29, 1.82) is 0 Å². The van der Waals surface area contributed by atoms with Crippen LogP contribution in [0.1, 0.15) is 0 Å². The van der Waals surface area contributed by atoms with Crippen LogP contribution in [0, 0.1) is 5.82 Å². The maximum atomic E-state index is 13.4. The molecule has 7 nitrogen and oxygen atoms in total. The number of anilines is 2. The summed E-state index contributed by atoms with van der Waals surface area (Å²) in [5.74, 6) is -0.432. The Morgan fingerprint density at radius 1 is 0.867 bits per heavy atom. The number of sulfonamides is 2. The molecule has 0 saturated heterocycles. The molecule has 0 atom stereocenters. The van der Waals surface area contributed by atoms with E-state index < -0.39 is 25.9 Å². The third kappa shape index (κ3) is 4.84. The second-order valence-electron chi connectivity index (χ2n) is 6.01. The summed E-state index contributed by atoms with van der Waals surface area (Å²) < 4.78 is 73.7. The highest BCUT2D eigenvalue weighted by atomic mass is 35.5. The van der Waals surface area contributed by atoms with Crippen LogP contribution in [0.4, 0.5) is 15.8 Å². The topological polar surface area (TPSA) is 102 Å². The van der Waals surface area contributed by atoms with E-state index in [0.29, 0.717) is 5.75 Å². The number of para-hydroxylation sites is 2. The highest BCUT2D eigenvalue weighted by Gasteiger charge is 2.22. The van der Waals surface area contributed by atoms with E-state index in [9.17, 15) is 21.2 Å². The van der Waals surface area contributed by atoms with Gasteiger partial charge in [0, 0.05) is 0 Å². The summed E-state index contributed by atoms with van der Waals surface area (Å²) in [6.45, 7) is 0. The van der Waals surface area contributed by atoms with Gasteiger partial charge in [-0.3, -0.25) is 9.44 Å². The first-order chi connectivity index (χ1) is 14.1. The van der Waals surface area contributed by atoms with Crippen LogP contribution in [0.5, 0.6) is 5.75 Å². The minimum absolute atomic E-state index is 0.0657. The Morgan fingerprint density at radius 2 is 1.60 bits per heavy atom. The molecule has 0 aliphatic carbocycles. The van der Waals surface area contributed by atoms with Crippen molar-refractivity contribution < 1.29 is 26.0 Å². The van der Waals surface area contributed by atoms with Gasteiger partial charge in [-0.15, -0.1) is 0 Å². The molecule has 0 aliphatic heterocycles. The molecular formula is C19H16ClFN2O5S2. The Labute approximate surface area is 178 Å². The SMILES string of the molecule is COc1ccccc1NS(=O)(=O)c1cc(NS(=O)(=O)c2cccc(F)c2)ccc1Cl. The molecule has 0 unspecified atom stereocenters. The highest BCUT2D eigenvalue weighted by Crippen LogP contribution is 2.31. The number of ether oxygens (including phenoxy) is 1. The minimum atomic E-state index is -4.18. The van der Waals surface area contributed by atoms with Crippen molar-refractivity contribution in [2.45, 2.75) is 9.79 Å². The number of methoxy groups -OCH3 is 1. The van der Waals surface area contributed by atoms with E-state index in [0.717, 1.165) is 18.2 Å². The largest absolute Gasteiger partial charge is 0.495 e. The Kier molecular flexibility index (Phi) is 6.20. The molecule has 0 bridgehead atoms. The predicted octanol–water partition coefficient (Wildman–Crippen LogP) is 4.09. The third-order valence-electron chi connectivity index (χ3n) is 3.93. The minimum Gasteiger partial charge on any atom is -0.495 e. The Bertz CT molecular complexity index is 1300. The lowest BCUT2D eigenvalue weighted by Gasteiger charge is -2.14. The van der Waals surface area contributed by atoms with Crippen molar-refractivity contribution in [2.24, 2.45) is 0 Å². The molecule has 0 fully saturated rings. The van der Waals surface area contributed by atoms with Crippen LogP contribution in [0.3, 0.4) is 0 Å². The second-order valence-corrected chi connectivity index (χ2v) is 9.75. The summed E-state index contributed by atoms with van der Waals surface area (Å²) in [7, 11) is -6.94. The molecule has 11 heteroatoms. The van der Waals surface area contributed by atoms with E-state index in [-0.39, 0.29) is 26.2 Å². The van der Waals surface area contributed by atoms with Crippen LogP contribution in [-0.4, -0.2) is 23.9 Å². The van der Waals surface area contributed by atoms with Gasteiger partial charge in [-0.1, -0.05) is 29.8 Å². The average molecular weight is 471 g/mol. The highest BCUT2D eigenvalue weighted by molar-refractivity contribution is 7.93. The van der Waals surface area contributed by atoms with Crippen LogP contribution in [0.15, 0.2) is 76.5 Å². The first kappa shape index (κ1) is 21.9. The monoisotopic (exact) mass is 470 g/mol. The lowest BCUT2D eigenvalue weighted by atomic mass is 10.3. The molecule has 3 rings (SSSR count). The van der Waals surface area contributed by atoms with E-state index in [1.165, 1.54) is 37.4 Å². The number of hydrogen-bond acceptors (Lipinski definition) is 5. The fourth-order valence-electron chi connectivity index (χ4n) is 2.55. The summed E-state index contributed by atoms with van der Waals surface area (Å²) in [5, 5.41) is -0.119. The first-order valence-electron chi connectivity index (χ1n) is 8.36. The maximum absolute atomic E-state index is 13.4. The summed E-state index contributed by atoms with van der Waals surface area (Å²) in [6, 6.07) is 14.4. The van der Waals surface area contributed by atoms with Crippen molar-refractivity contribution in [2.75, 3.05) is 16.6 Å². The second kappa shape index (κ2) is 8.50. The van der Waals surface area contributed by atoms with E-state index in [1.807, 2.05) is 0 Å². The molecule has 0 saturated carbocycles. The summed E-state index contributed by atoms with van der Waals surface area (Å²) in [4.78, 5) is -0.663. The maximum Gasteiger partial charge on any atom is 0.263 e. The van der Waals surface area contributed by atoms with Gasteiger partial charge < -0.3 is 4.74 Å². The Morgan fingerprint density at radius 3 is 2.30 bits per heavy atom. The Balaban J connectivity index is 1.95. The molecular weight excluding hydrogens is 455 g/mol. The molecule has 3 aromatic carbocycles. The molecule has 0 amide bonds. The smallest absolute Gasteiger partial charge is 0.263 e. The van der Waals surface area contributed by atoms with Crippen LogP contribution in [-0.2, 0) is 20.0 Å². The number of nitrogens with one attached hydrogen (secondary N) is 2. The van der Waals surface area contributed by atoms with Crippen LogP contribution in [0.25, 0.3) is 0 Å².